The van der Waals surface area contributed by atoms with Gasteiger partial charge >= 0.3 is 0 Å². The summed E-state index contributed by atoms with van der Waals surface area (Å²) in [5.74, 6) is 0. The fraction of sp³-hybridized carbons (Fsp3) is 0.182. The normalized spacial score (nSPS) is 10.6. The van der Waals surface area contributed by atoms with Crippen molar-refractivity contribution in [2.24, 2.45) is 0 Å². The van der Waals surface area contributed by atoms with Crippen molar-refractivity contribution in [1.82, 2.24) is 4.73 Å². The number of nitrogens with zero attached hydrogens (tertiary/aromatic N) is 2. The van der Waals surface area contributed by atoms with Crippen molar-refractivity contribution in [1.29, 1.82) is 0 Å². The molecule has 0 atom stereocenters. The van der Waals surface area contributed by atoms with E-state index in [0.717, 1.165) is 9.16 Å². The number of benzene rings is 1. The average molecular weight is 219 g/mol. The first-order chi connectivity index (χ1) is 7.56. The van der Waals surface area contributed by atoms with Crippen molar-refractivity contribution in [3.8, 4) is 0 Å². The maximum absolute atomic E-state index is 11.8. The largest absolute Gasteiger partial charge is 0.428 e. The van der Waals surface area contributed by atoms with E-state index in [0.29, 0.717) is 34.3 Å². The Morgan fingerprint density at radius 3 is 2.69 bits per heavy atom. The van der Waals surface area contributed by atoms with Gasteiger partial charge in [-0.25, -0.2) is 0 Å². The predicted molar refractivity (Wildman–Crippen MR) is 57.4 cm³/mol. The molecule has 1 heterocycles. The van der Waals surface area contributed by atoms with E-state index in [1.54, 1.807) is 19.9 Å². The molecule has 5 heteroatoms. The fourth-order valence-corrected chi connectivity index (χ4v) is 1.62. The zero-order chi connectivity index (χ0) is 11.9. The molecule has 0 aliphatic carbocycles. The van der Waals surface area contributed by atoms with Crippen LogP contribution in [0.1, 0.15) is 21.7 Å². The van der Waals surface area contributed by atoms with Crippen LogP contribution in [-0.2, 0) is 0 Å². The molecule has 0 saturated carbocycles. The summed E-state index contributed by atoms with van der Waals surface area (Å²) in [7, 11) is 0. The summed E-state index contributed by atoms with van der Waals surface area (Å²) in [5.41, 5.74) is 1.94. The number of aldehydes is 1. The lowest BCUT2D eigenvalue weighted by Gasteiger charge is -2.04. The minimum atomic E-state index is 0.322. The monoisotopic (exact) mass is 219 g/mol. The van der Waals surface area contributed by atoms with Gasteiger partial charge in [0.15, 0.2) is 5.52 Å². The summed E-state index contributed by atoms with van der Waals surface area (Å²) in [6, 6.07) is 4.53. The van der Waals surface area contributed by atoms with E-state index >= 15 is 0 Å². The van der Waals surface area contributed by atoms with E-state index in [9.17, 15) is 14.9 Å². The standard InChI is InChI=1S/C11H11N2O3/c1-7-8(2)13(16)11-5-9(6-14)3-4-10(11)12(7)15/h3-6,16H,1-2H3/q+1. The van der Waals surface area contributed by atoms with Crippen LogP contribution in [0.4, 0.5) is 0 Å². The van der Waals surface area contributed by atoms with Crippen LogP contribution in [0.25, 0.3) is 11.0 Å². The lowest BCUT2D eigenvalue weighted by atomic mass is 10.2. The first-order valence-electron chi connectivity index (χ1n) is 4.79. The number of carbonyl (C=O) groups is 1. The van der Waals surface area contributed by atoms with Gasteiger partial charge in [-0.15, -0.1) is 0 Å². The van der Waals surface area contributed by atoms with Crippen LogP contribution >= 0.6 is 0 Å². The van der Waals surface area contributed by atoms with Gasteiger partial charge in [-0.05, 0) is 19.1 Å². The number of rotatable bonds is 1. The second kappa shape index (κ2) is 3.44. The molecule has 0 spiro atoms. The summed E-state index contributed by atoms with van der Waals surface area (Å²) in [4.78, 5) is 22.4. The molecule has 0 fully saturated rings. The molecule has 0 aliphatic rings. The van der Waals surface area contributed by atoms with Gasteiger partial charge in [0.1, 0.15) is 12.0 Å². The van der Waals surface area contributed by atoms with Gasteiger partial charge in [0.2, 0.25) is 0 Å². The molecular weight excluding hydrogens is 208 g/mol. The Morgan fingerprint density at radius 2 is 2.06 bits per heavy atom. The third-order valence-corrected chi connectivity index (χ3v) is 2.73. The van der Waals surface area contributed by atoms with Crippen molar-refractivity contribution in [3.63, 3.8) is 0 Å². The van der Waals surface area contributed by atoms with E-state index in [4.69, 9.17) is 0 Å². The predicted octanol–water partition coefficient (Wildman–Crippen LogP) is 1.22. The molecule has 0 saturated heterocycles. The van der Waals surface area contributed by atoms with Crippen LogP contribution in [-0.4, -0.2) is 16.2 Å². The van der Waals surface area contributed by atoms with Gasteiger partial charge in [-0.1, -0.05) is 0 Å². The quantitative estimate of drug-likeness (QED) is 0.445. The SMILES string of the molecule is Cc1c(C)[n+](=O)c2ccc(C=O)cc2n1O. The van der Waals surface area contributed by atoms with E-state index in [-0.39, 0.29) is 0 Å². The van der Waals surface area contributed by atoms with Crippen molar-refractivity contribution in [3.05, 3.63) is 40.1 Å². The molecular formula is C11H11N2O3+. The van der Waals surface area contributed by atoms with Crippen LogP contribution in [0.3, 0.4) is 0 Å². The molecule has 1 aromatic heterocycles. The molecule has 82 valence electrons. The van der Waals surface area contributed by atoms with E-state index in [2.05, 4.69) is 0 Å². The number of carbonyl (C=O) groups excluding carboxylic acids is 1. The van der Waals surface area contributed by atoms with Crippen molar-refractivity contribution in [2.45, 2.75) is 13.8 Å². The second-order valence-electron chi connectivity index (χ2n) is 3.64. The minimum Gasteiger partial charge on any atom is -0.428 e. The Hall–Kier alpha value is -2.17. The summed E-state index contributed by atoms with van der Waals surface area (Å²) >= 11 is 0. The molecule has 2 aromatic rings. The highest BCUT2D eigenvalue weighted by molar-refractivity contribution is 5.83. The maximum atomic E-state index is 11.8. The third kappa shape index (κ3) is 1.29. The number of hydrogen-bond acceptors (Lipinski definition) is 3. The number of hydrogen-bond donors (Lipinski definition) is 1. The number of aromatic nitrogens is 2. The Kier molecular flexibility index (Phi) is 2.23. The molecule has 2 rings (SSSR count). The highest BCUT2D eigenvalue weighted by Gasteiger charge is 2.18. The fourth-order valence-electron chi connectivity index (χ4n) is 1.62. The van der Waals surface area contributed by atoms with Gasteiger partial charge in [-0.3, -0.25) is 4.79 Å². The Labute approximate surface area is 91.1 Å². The maximum Gasteiger partial charge on any atom is 0.290 e. The van der Waals surface area contributed by atoms with Crippen LogP contribution in [0.5, 0.6) is 0 Å². The Morgan fingerprint density at radius 1 is 1.38 bits per heavy atom. The van der Waals surface area contributed by atoms with Crippen LogP contribution < -0.4 is 4.43 Å². The van der Waals surface area contributed by atoms with Gasteiger partial charge in [-0.2, -0.15) is 4.73 Å². The average Bonchev–Trinajstić information content (AvgIpc) is 2.33. The van der Waals surface area contributed by atoms with Gasteiger partial charge in [0.25, 0.3) is 11.2 Å². The van der Waals surface area contributed by atoms with Crippen LogP contribution in [0.2, 0.25) is 0 Å². The molecule has 16 heavy (non-hydrogen) atoms. The molecule has 0 bridgehead atoms. The van der Waals surface area contributed by atoms with Gasteiger partial charge in [0, 0.05) is 23.5 Å². The van der Waals surface area contributed by atoms with Crippen molar-refractivity contribution < 1.29 is 14.4 Å². The topological polar surface area (TPSA) is 65.2 Å². The van der Waals surface area contributed by atoms with Crippen molar-refractivity contribution in [2.75, 3.05) is 0 Å². The van der Waals surface area contributed by atoms with E-state index in [1.165, 1.54) is 12.1 Å². The lowest BCUT2D eigenvalue weighted by molar-refractivity contribution is -0.474. The van der Waals surface area contributed by atoms with E-state index < -0.39 is 0 Å². The van der Waals surface area contributed by atoms with Crippen molar-refractivity contribution >= 4 is 17.3 Å². The highest BCUT2D eigenvalue weighted by Crippen LogP contribution is 2.13. The summed E-state index contributed by atoms with van der Waals surface area (Å²) in [6.07, 6.45) is 0.670. The smallest absolute Gasteiger partial charge is 0.290 e. The molecule has 0 aliphatic heterocycles. The molecule has 0 radical (unpaired) electrons. The second-order valence-corrected chi connectivity index (χ2v) is 3.64. The number of fused-ring (bicyclic) bond motifs is 1. The Balaban J connectivity index is 3.02. The lowest BCUT2D eigenvalue weighted by Crippen LogP contribution is -2.25. The molecule has 0 amide bonds. The minimum absolute atomic E-state index is 0.322. The molecule has 0 unspecified atom stereocenters. The highest BCUT2D eigenvalue weighted by atomic mass is 16.5. The van der Waals surface area contributed by atoms with Crippen LogP contribution in [0, 0.1) is 18.8 Å². The summed E-state index contributed by atoms with van der Waals surface area (Å²) in [5, 5.41) is 9.83. The van der Waals surface area contributed by atoms with Crippen LogP contribution in [0.15, 0.2) is 18.2 Å². The molecule has 5 nitrogen and oxygen atoms in total. The third-order valence-electron chi connectivity index (χ3n) is 2.73. The zero-order valence-corrected chi connectivity index (χ0v) is 8.97. The van der Waals surface area contributed by atoms with Gasteiger partial charge < -0.3 is 5.21 Å². The van der Waals surface area contributed by atoms with E-state index in [1.807, 2.05) is 0 Å². The first kappa shape index (κ1) is 10.4. The Bertz CT molecular complexity index is 644. The summed E-state index contributed by atoms with van der Waals surface area (Å²) < 4.78 is 1.66. The molecule has 1 N–H and O–H groups in total. The molecule has 1 aromatic carbocycles. The van der Waals surface area contributed by atoms with Gasteiger partial charge in [0.05, 0.1) is 4.43 Å². The summed E-state index contributed by atoms with van der Waals surface area (Å²) in [6.45, 7) is 3.26. The first-order valence-corrected chi connectivity index (χ1v) is 4.79. The zero-order valence-electron chi connectivity index (χ0n) is 8.97.